The second-order valence-electron chi connectivity index (χ2n) is 6.72. The molecule has 2 heterocycles. The van der Waals surface area contributed by atoms with E-state index in [2.05, 4.69) is 60.0 Å². The van der Waals surface area contributed by atoms with Gasteiger partial charge in [-0.15, -0.1) is 36.2 Å². The van der Waals surface area contributed by atoms with Crippen LogP contribution in [0.15, 0.2) is 36.4 Å². The molecule has 1 aromatic heterocycles. The fraction of sp³-hybridized carbons (Fsp3) is 0.450. The van der Waals surface area contributed by atoms with Crippen LogP contribution in [0, 0.1) is 13.8 Å². The molecule has 1 saturated heterocycles. The van der Waals surface area contributed by atoms with Crippen molar-refractivity contribution < 1.29 is 4.79 Å². The molecule has 1 aliphatic heterocycles. The molecule has 0 amide bonds. The van der Waals surface area contributed by atoms with Crippen molar-refractivity contribution in [2.45, 2.75) is 26.8 Å². The standard InChI is InChI=1S/C20H26N2OS.2ClH/c1-16-12-17(2)24-20(16)13-19(23)15-22-10-8-21(9-11-22)14-18-6-4-3-5-7-18;;/h3-7,12H,8-11,13-15H2,1-2H3;2*1H. The van der Waals surface area contributed by atoms with Crippen molar-refractivity contribution in [2.75, 3.05) is 32.7 Å². The van der Waals surface area contributed by atoms with Gasteiger partial charge in [-0.3, -0.25) is 14.6 Å². The molecule has 3 rings (SSSR count). The summed E-state index contributed by atoms with van der Waals surface area (Å²) >= 11 is 1.76. The van der Waals surface area contributed by atoms with Crippen LogP contribution in [-0.4, -0.2) is 48.3 Å². The number of halogens is 2. The highest BCUT2D eigenvalue weighted by atomic mass is 35.5. The largest absolute Gasteiger partial charge is 0.298 e. The molecule has 26 heavy (non-hydrogen) atoms. The Labute approximate surface area is 173 Å². The molecule has 0 aliphatic carbocycles. The molecule has 0 radical (unpaired) electrons. The van der Waals surface area contributed by atoms with Gasteiger partial charge in [-0.05, 0) is 31.0 Å². The lowest BCUT2D eigenvalue weighted by Crippen LogP contribution is -2.47. The fourth-order valence-corrected chi connectivity index (χ4v) is 4.37. The summed E-state index contributed by atoms with van der Waals surface area (Å²) in [4.78, 5) is 19.7. The SMILES string of the molecule is Cc1cc(C)c(CC(=O)CN2CCN(Cc3ccccc3)CC2)s1.Cl.Cl. The van der Waals surface area contributed by atoms with Crippen LogP contribution in [0.1, 0.15) is 20.9 Å². The number of carbonyl (C=O) groups is 1. The number of piperazine rings is 1. The fourth-order valence-electron chi connectivity index (χ4n) is 3.30. The second-order valence-corrected chi connectivity index (χ2v) is 8.06. The van der Waals surface area contributed by atoms with Gasteiger partial charge in [0.2, 0.25) is 0 Å². The molecule has 0 unspecified atom stereocenters. The molecule has 1 fully saturated rings. The summed E-state index contributed by atoms with van der Waals surface area (Å²) in [7, 11) is 0. The van der Waals surface area contributed by atoms with Gasteiger partial charge < -0.3 is 0 Å². The van der Waals surface area contributed by atoms with Gasteiger partial charge in [-0.25, -0.2) is 0 Å². The zero-order valence-corrected chi connectivity index (χ0v) is 17.9. The van der Waals surface area contributed by atoms with Gasteiger partial charge in [0, 0.05) is 48.9 Å². The molecule has 1 aliphatic rings. The number of rotatable bonds is 6. The van der Waals surface area contributed by atoms with Crippen LogP contribution in [-0.2, 0) is 17.8 Å². The summed E-state index contributed by atoms with van der Waals surface area (Å²) in [6.07, 6.45) is 0.592. The summed E-state index contributed by atoms with van der Waals surface area (Å²) in [5, 5.41) is 0. The lowest BCUT2D eigenvalue weighted by atomic mass is 10.1. The summed E-state index contributed by atoms with van der Waals surface area (Å²) in [6, 6.07) is 12.8. The average Bonchev–Trinajstić information content (AvgIpc) is 2.87. The summed E-state index contributed by atoms with van der Waals surface area (Å²) in [5.74, 6) is 0.344. The molecular weight excluding hydrogens is 387 g/mol. The number of hydrogen-bond acceptors (Lipinski definition) is 4. The molecule has 0 N–H and O–H groups in total. The molecule has 0 spiro atoms. The molecule has 1 aromatic carbocycles. The molecular formula is C20H28Cl2N2OS. The second kappa shape index (κ2) is 11.1. The zero-order chi connectivity index (χ0) is 16.9. The Kier molecular flexibility index (Phi) is 9.83. The minimum atomic E-state index is 0. The van der Waals surface area contributed by atoms with Gasteiger partial charge in [0.25, 0.3) is 0 Å². The van der Waals surface area contributed by atoms with Gasteiger partial charge in [0.05, 0.1) is 6.54 Å². The van der Waals surface area contributed by atoms with E-state index in [-0.39, 0.29) is 24.8 Å². The number of hydrogen-bond donors (Lipinski definition) is 0. The van der Waals surface area contributed by atoms with Crippen LogP contribution >= 0.6 is 36.2 Å². The third kappa shape index (κ3) is 6.67. The van der Waals surface area contributed by atoms with Crippen LogP contribution in [0.2, 0.25) is 0 Å². The van der Waals surface area contributed by atoms with E-state index in [9.17, 15) is 4.79 Å². The Hall–Kier alpha value is -0.910. The first kappa shape index (κ1) is 23.1. The van der Waals surface area contributed by atoms with E-state index in [4.69, 9.17) is 0 Å². The van der Waals surface area contributed by atoms with Crippen LogP contribution in [0.5, 0.6) is 0 Å². The first-order valence-corrected chi connectivity index (χ1v) is 9.48. The van der Waals surface area contributed by atoms with Gasteiger partial charge in [0.1, 0.15) is 0 Å². The van der Waals surface area contributed by atoms with E-state index in [1.165, 1.54) is 20.9 Å². The minimum Gasteiger partial charge on any atom is -0.298 e. The summed E-state index contributed by atoms with van der Waals surface area (Å²) in [5.41, 5.74) is 2.63. The van der Waals surface area contributed by atoms with E-state index in [0.717, 1.165) is 32.7 Å². The Morgan fingerprint density at radius 2 is 1.62 bits per heavy atom. The number of benzene rings is 1. The smallest absolute Gasteiger partial charge is 0.152 e. The molecule has 0 saturated carbocycles. The van der Waals surface area contributed by atoms with Crippen molar-refractivity contribution in [1.29, 1.82) is 0 Å². The number of aryl methyl sites for hydroxylation is 2. The third-order valence-electron chi connectivity index (χ3n) is 4.62. The van der Waals surface area contributed by atoms with Crippen molar-refractivity contribution in [3.05, 3.63) is 57.3 Å². The third-order valence-corrected chi connectivity index (χ3v) is 5.77. The lowest BCUT2D eigenvalue weighted by molar-refractivity contribution is -0.120. The number of thiophene rings is 1. The maximum atomic E-state index is 12.4. The Balaban J connectivity index is 0.00000169. The monoisotopic (exact) mass is 414 g/mol. The Morgan fingerprint density at radius 3 is 2.19 bits per heavy atom. The summed E-state index contributed by atoms with van der Waals surface area (Å²) < 4.78 is 0. The topological polar surface area (TPSA) is 23.6 Å². The highest BCUT2D eigenvalue weighted by molar-refractivity contribution is 7.12. The molecule has 6 heteroatoms. The Morgan fingerprint density at radius 1 is 1.00 bits per heavy atom. The van der Waals surface area contributed by atoms with Crippen LogP contribution in [0.3, 0.4) is 0 Å². The number of nitrogens with zero attached hydrogens (tertiary/aromatic N) is 2. The van der Waals surface area contributed by atoms with Gasteiger partial charge in [-0.2, -0.15) is 0 Å². The number of carbonyl (C=O) groups excluding carboxylic acids is 1. The number of ketones is 1. The van der Waals surface area contributed by atoms with Crippen molar-refractivity contribution in [3.63, 3.8) is 0 Å². The van der Waals surface area contributed by atoms with Gasteiger partial charge in [0.15, 0.2) is 5.78 Å². The first-order chi connectivity index (χ1) is 11.6. The average molecular weight is 415 g/mol. The maximum absolute atomic E-state index is 12.4. The van der Waals surface area contributed by atoms with Crippen molar-refractivity contribution >= 4 is 41.9 Å². The Bertz CT molecular complexity index is 682. The van der Waals surface area contributed by atoms with E-state index in [1.54, 1.807) is 11.3 Å². The molecule has 0 bridgehead atoms. The van der Waals surface area contributed by atoms with Crippen molar-refractivity contribution in [1.82, 2.24) is 9.80 Å². The van der Waals surface area contributed by atoms with E-state index in [0.29, 0.717) is 18.7 Å². The van der Waals surface area contributed by atoms with E-state index in [1.807, 2.05) is 0 Å². The highest BCUT2D eigenvalue weighted by Gasteiger charge is 2.19. The zero-order valence-electron chi connectivity index (χ0n) is 15.4. The minimum absolute atomic E-state index is 0. The van der Waals surface area contributed by atoms with E-state index >= 15 is 0 Å². The predicted octanol–water partition coefficient (Wildman–Crippen LogP) is 4.14. The van der Waals surface area contributed by atoms with Crippen molar-refractivity contribution in [2.24, 2.45) is 0 Å². The van der Waals surface area contributed by atoms with E-state index < -0.39 is 0 Å². The summed E-state index contributed by atoms with van der Waals surface area (Å²) in [6.45, 7) is 9.87. The molecule has 2 aromatic rings. The van der Waals surface area contributed by atoms with Crippen LogP contribution in [0.25, 0.3) is 0 Å². The highest BCUT2D eigenvalue weighted by Crippen LogP contribution is 2.21. The van der Waals surface area contributed by atoms with Crippen LogP contribution in [0.4, 0.5) is 0 Å². The van der Waals surface area contributed by atoms with Gasteiger partial charge in [-0.1, -0.05) is 30.3 Å². The first-order valence-electron chi connectivity index (χ1n) is 8.66. The van der Waals surface area contributed by atoms with Crippen LogP contribution < -0.4 is 0 Å². The molecule has 3 nitrogen and oxygen atoms in total. The van der Waals surface area contributed by atoms with Gasteiger partial charge >= 0.3 is 0 Å². The predicted molar refractivity (Wildman–Crippen MR) is 115 cm³/mol. The van der Waals surface area contributed by atoms with Crippen molar-refractivity contribution in [3.8, 4) is 0 Å². The molecule has 144 valence electrons. The number of Topliss-reactive ketones (excluding diaryl/α,β-unsaturated/α-hetero) is 1. The maximum Gasteiger partial charge on any atom is 0.152 e. The lowest BCUT2D eigenvalue weighted by Gasteiger charge is -2.34. The normalized spacial score (nSPS) is 15.2. The molecule has 0 atom stereocenters. The quantitative estimate of drug-likeness (QED) is 0.709.